The van der Waals surface area contributed by atoms with Gasteiger partial charge in [-0.2, -0.15) is 0 Å². The van der Waals surface area contributed by atoms with Crippen molar-refractivity contribution in [2.24, 2.45) is 11.1 Å². The average Bonchev–Trinajstić information content (AvgIpc) is 3.12. The molecule has 2 aromatic rings. The summed E-state index contributed by atoms with van der Waals surface area (Å²) < 4.78 is 0. The summed E-state index contributed by atoms with van der Waals surface area (Å²) in [6.07, 6.45) is -0.932. The second-order valence-electron chi connectivity index (χ2n) is 6.19. The van der Waals surface area contributed by atoms with E-state index in [9.17, 15) is 9.59 Å². The molecule has 2 amide bonds. The predicted molar refractivity (Wildman–Crippen MR) is 94.8 cm³/mol. The Balaban J connectivity index is 1.77. The number of carbonyl (C=O) groups excluding carboxylic acids is 2. The van der Waals surface area contributed by atoms with Crippen LogP contribution in [0.15, 0.2) is 47.6 Å². The summed E-state index contributed by atoms with van der Waals surface area (Å²) in [6, 6.07) is 12.6. The maximum absolute atomic E-state index is 13.1. The number of oxime groups is 1. The molecular weight excluding hydrogens is 340 g/mol. The molecule has 2 heterocycles. The second-order valence-corrected chi connectivity index (χ2v) is 6.60. The van der Waals surface area contributed by atoms with Crippen LogP contribution in [0.4, 0.5) is 5.69 Å². The highest BCUT2D eigenvalue weighted by Gasteiger charge is 2.56. The van der Waals surface area contributed by atoms with Crippen LogP contribution < -0.4 is 4.90 Å². The van der Waals surface area contributed by atoms with Crippen LogP contribution in [0, 0.1) is 19.8 Å². The first-order chi connectivity index (χ1) is 12.0. The Labute approximate surface area is 149 Å². The highest BCUT2D eigenvalue weighted by atomic mass is 35.5. The molecule has 2 aromatic carbocycles. The van der Waals surface area contributed by atoms with Crippen LogP contribution in [-0.2, 0) is 14.4 Å². The molecule has 1 saturated heterocycles. The summed E-state index contributed by atoms with van der Waals surface area (Å²) in [5, 5.41) is 4.45. The smallest absolute Gasteiger partial charge is 0.278 e. The molecule has 0 radical (unpaired) electrons. The molecule has 1 fully saturated rings. The van der Waals surface area contributed by atoms with Gasteiger partial charge in [0.05, 0.1) is 5.69 Å². The molecule has 5 nitrogen and oxygen atoms in total. The first-order valence-electron chi connectivity index (χ1n) is 7.93. The van der Waals surface area contributed by atoms with Crippen LogP contribution in [0.2, 0.25) is 5.02 Å². The number of halogens is 1. The van der Waals surface area contributed by atoms with Gasteiger partial charge in [-0.3, -0.25) is 9.59 Å². The lowest BCUT2D eigenvalue weighted by Gasteiger charge is -2.19. The number of hydrogen-bond acceptors (Lipinski definition) is 4. The summed E-state index contributed by atoms with van der Waals surface area (Å²) >= 11 is 6.23. The third-order valence-electron chi connectivity index (χ3n) is 4.78. The Morgan fingerprint density at radius 1 is 1.04 bits per heavy atom. The fraction of sp³-hybridized carbons (Fsp3) is 0.211. The number of imide groups is 1. The van der Waals surface area contributed by atoms with Crippen LogP contribution in [0.3, 0.4) is 0 Å². The summed E-state index contributed by atoms with van der Waals surface area (Å²) in [6.45, 7) is 3.83. The van der Waals surface area contributed by atoms with E-state index in [1.165, 1.54) is 4.90 Å². The van der Waals surface area contributed by atoms with Crippen molar-refractivity contribution in [1.82, 2.24) is 0 Å². The third-order valence-corrected chi connectivity index (χ3v) is 5.11. The molecule has 2 aliphatic rings. The van der Waals surface area contributed by atoms with Crippen molar-refractivity contribution in [2.45, 2.75) is 20.0 Å². The Morgan fingerprint density at radius 2 is 1.80 bits per heavy atom. The SMILES string of the molecule is Cc1cccc(N2C(=O)C3ON=C(c4ccccc4Cl)C3C2=O)c1C. The minimum absolute atomic E-state index is 0.333. The normalized spacial score (nSPS) is 22.0. The maximum Gasteiger partial charge on any atom is 0.278 e. The number of aryl methyl sites for hydroxylation is 1. The number of nitrogens with zero attached hydrogens (tertiary/aromatic N) is 2. The molecule has 6 heteroatoms. The van der Waals surface area contributed by atoms with Gasteiger partial charge in [-0.15, -0.1) is 0 Å². The average molecular weight is 355 g/mol. The number of anilines is 1. The zero-order valence-electron chi connectivity index (χ0n) is 13.7. The predicted octanol–water partition coefficient (Wildman–Crippen LogP) is 3.25. The van der Waals surface area contributed by atoms with Crippen molar-refractivity contribution in [1.29, 1.82) is 0 Å². The molecule has 0 aromatic heterocycles. The lowest BCUT2D eigenvalue weighted by Crippen LogP contribution is -2.33. The lowest BCUT2D eigenvalue weighted by atomic mass is 9.94. The van der Waals surface area contributed by atoms with Crippen LogP contribution in [-0.4, -0.2) is 23.6 Å². The van der Waals surface area contributed by atoms with Crippen molar-refractivity contribution in [3.63, 3.8) is 0 Å². The van der Waals surface area contributed by atoms with Gasteiger partial charge in [0, 0.05) is 10.6 Å². The molecule has 4 rings (SSSR count). The van der Waals surface area contributed by atoms with Crippen LogP contribution >= 0.6 is 11.6 Å². The van der Waals surface area contributed by atoms with Crippen molar-refractivity contribution >= 4 is 34.8 Å². The number of hydrogen-bond donors (Lipinski definition) is 0. The van der Waals surface area contributed by atoms with E-state index in [0.29, 0.717) is 22.0 Å². The van der Waals surface area contributed by atoms with Gasteiger partial charge in [-0.05, 0) is 37.1 Å². The van der Waals surface area contributed by atoms with Gasteiger partial charge in [0.25, 0.3) is 5.91 Å². The van der Waals surface area contributed by atoms with Gasteiger partial charge >= 0.3 is 0 Å². The van der Waals surface area contributed by atoms with Gasteiger partial charge < -0.3 is 4.84 Å². The van der Waals surface area contributed by atoms with Crippen molar-refractivity contribution < 1.29 is 14.4 Å². The van der Waals surface area contributed by atoms with Crippen LogP contribution in [0.25, 0.3) is 0 Å². The van der Waals surface area contributed by atoms with E-state index in [0.717, 1.165) is 11.1 Å². The Bertz CT molecular complexity index is 938. The molecule has 2 atom stereocenters. The quantitative estimate of drug-likeness (QED) is 0.778. The van der Waals surface area contributed by atoms with Gasteiger partial charge in [-0.1, -0.05) is 47.1 Å². The first-order valence-corrected chi connectivity index (χ1v) is 8.31. The van der Waals surface area contributed by atoms with Crippen molar-refractivity contribution in [3.8, 4) is 0 Å². The molecule has 0 aliphatic carbocycles. The van der Waals surface area contributed by atoms with Crippen LogP contribution in [0.1, 0.15) is 16.7 Å². The molecule has 0 N–H and O–H groups in total. The maximum atomic E-state index is 13.1. The van der Waals surface area contributed by atoms with E-state index >= 15 is 0 Å². The zero-order chi connectivity index (χ0) is 17.7. The number of rotatable bonds is 2. The first kappa shape index (κ1) is 15.8. The summed E-state index contributed by atoms with van der Waals surface area (Å²) in [5.74, 6) is -1.50. The number of carbonyl (C=O) groups is 2. The lowest BCUT2D eigenvalue weighted by molar-refractivity contribution is -0.126. The zero-order valence-corrected chi connectivity index (χ0v) is 14.4. The molecule has 0 spiro atoms. The molecule has 0 bridgehead atoms. The molecule has 126 valence electrons. The standard InChI is InChI=1S/C19H15ClN2O3/c1-10-6-5-9-14(11(10)2)22-18(23)15-16(21-25-17(15)19(22)24)12-7-3-4-8-13(12)20/h3-9,15,17H,1-2H3. The van der Waals surface area contributed by atoms with Gasteiger partial charge in [0.15, 0.2) is 0 Å². The van der Waals surface area contributed by atoms with Gasteiger partial charge in [-0.25, -0.2) is 4.90 Å². The molecule has 0 saturated carbocycles. The van der Waals surface area contributed by atoms with Crippen molar-refractivity contribution in [2.75, 3.05) is 4.90 Å². The number of fused-ring (bicyclic) bond motifs is 1. The third kappa shape index (κ3) is 2.27. The van der Waals surface area contributed by atoms with E-state index < -0.39 is 17.9 Å². The highest BCUT2D eigenvalue weighted by molar-refractivity contribution is 6.38. The Morgan fingerprint density at radius 3 is 2.56 bits per heavy atom. The molecular formula is C19H15ClN2O3. The topological polar surface area (TPSA) is 59.0 Å². The van der Waals surface area contributed by atoms with Gasteiger partial charge in [0.1, 0.15) is 11.6 Å². The van der Waals surface area contributed by atoms with E-state index in [1.807, 2.05) is 26.0 Å². The van der Waals surface area contributed by atoms with Gasteiger partial charge in [0.2, 0.25) is 12.0 Å². The van der Waals surface area contributed by atoms with Crippen molar-refractivity contribution in [3.05, 3.63) is 64.2 Å². The Hall–Kier alpha value is -2.66. The van der Waals surface area contributed by atoms with E-state index in [-0.39, 0.29) is 5.91 Å². The molecule has 25 heavy (non-hydrogen) atoms. The summed E-state index contributed by atoms with van der Waals surface area (Å²) in [7, 11) is 0. The van der Waals surface area contributed by atoms with E-state index in [1.54, 1.807) is 30.3 Å². The van der Waals surface area contributed by atoms with E-state index in [4.69, 9.17) is 16.4 Å². The summed E-state index contributed by atoms with van der Waals surface area (Å²) in [4.78, 5) is 32.4. The largest absolute Gasteiger partial charge is 0.381 e. The molecule has 2 unspecified atom stereocenters. The van der Waals surface area contributed by atoms with E-state index in [2.05, 4.69) is 5.16 Å². The Kier molecular flexibility index (Phi) is 3.62. The monoisotopic (exact) mass is 354 g/mol. The van der Waals surface area contributed by atoms with Crippen LogP contribution in [0.5, 0.6) is 0 Å². The molecule has 2 aliphatic heterocycles. The fourth-order valence-electron chi connectivity index (χ4n) is 3.28. The second kappa shape index (κ2) is 5.70. The minimum atomic E-state index is -0.932. The summed E-state index contributed by atoms with van der Waals surface area (Å²) in [5.41, 5.74) is 3.50. The fourth-order valence-corrected chi connectivity index (χ4v) is 3.52. The highest BCUT2D eigenvalue weighted by Crippen LogP contribution is 2.37. The number of benzene rings is 2. The number of amides is 2. The minimum Gasteiger partial charge on any atom is -0.381 e.